The molecule has 0 amide bonds. The Hall–Kier alpha value is -1.49. The van der Waals surface area contributed by atoms with Crippen molar-refractivity contribution in [1.82, 2.24) is 9.21 Å². The molecule has 1 aliphatic rings. The first-order valence-electron chi connectivity index (χ1n) is 6.31. The van der Waals surface area contributed by atoms with E-state index in [9.17, 15) is 12.8 Å². The summed E-state index contributed by atoms with van der Waals surface area (Å²) in [5.74, 6) is -0.558. The molecule has 1 aliphatic heterocycles. The molecule has 0 N–H and O–H groups in total. The van der Waals surface area contributed by atoms with Gasteiger partial charge < -0.3 is 0 Å². The third kappa shape index (κ3) is 2.98. The Bertz CT molecular complexity index is 632. The van der Waals surface area contributed by atoms with Gasteiger partial charge in [0.1, 0.15) is 5.82 Å². The highest BCUT2D eigenvalue weighted by atomic mass is 32.2. The zero-order valence-electron chi connectivity index (χ0n) is 11.2. The molecule has 1 aromatic rings. The van der Waals surface area contributed by atoms with Gasteiger partial charge in [-0.3, -0.25) is 4.90 Å². The lowest BCUT2D eigenvalue weighted by molar-refractivity contribution is 0.206. The van der Waals surface area contributed by atoms with Crippen LogP contribution >= 0.6 is 0 Å². The van der Waals surface area contributed by atoms with Crippen molar-refractivity contribution in [3.05, 3.63) is 29.6 Å². The van der Waals surface area contributed by atoms with Gasteiger partial charge in [-0.1, -0.05) is 6.07 Å². The van der Waals surface area contributed by atoms with Gasteiger partial charge in [0.05, 0.1) is 17.5 Å². The van der Waals surface area contributed by atoms with Crippen LogP contribution in [0.3, 0.4) is 0 Å². The summed E-state index contributed by atoms with van der Waals surface area (Å²) in [5.41, 5.74) is 0.533. The topological polar surface area (TPSA) is 64.4 Å². The van der Waals surface area contributed by atoms with Crippen LogP contribution in [0.4, 0.5) is 4.39 Å². The maximum Gasteiger partial charge on any atom is 0.243 e. The van der Waals surface area contributed by atoms with Crippen LogP contribution in [0.25, 0.3) is 0 Å². The molecule has 0 bridgehead atoms. The number of halogens is 1. The number of hydrogen-bond donors (Lipinski definition) is 0. The smallest absolute Gasteiger partial charge is 0.243 e. The predicted molar refractivity (Wildman–Crippen MR) is 71.9 cm³/mol. The van der Waals surface area contributed by atoms with Crippen molar-refractivity contribution in [2.75, 3.05) is 32.7 Å². The van der Waals surface area contributed by atoms with Gasteiger partial charge in [0, 0.05) is 26.2 Å². The average molecular weight is 297 g/mol. The molecular weight excluding hydrogens is 281 g/mol. The maximum absolute atomic E-state index is 13.3. The lowest BCUT2D eigenvalue weighted by atomic mass is 10.2. The molecule has 1 saturated heterocycles. The standard InChI is InChI=1S/C13H16FN3O2S/c1-11-2-3-12(14)10-13(11)20(18,19)17-8-6-16(5-4-15)7-9-17/h2-3,10H,5-9H2,1H3. The average Bonchev–Trinajstić information content (AvgIpc) is 2.42. The van der Waals surface area contributed by atoms with E-state index >= 15 is 0 Å². The lowest BCUT2D eigenvalue weighted by Crippen LogP contribution is -2.48. The second kappa shape index (κ2) is 5.87. The number of sulfonamides is 1. The van der Waals surface area contributed by atoms with Crippen LogP contribution < -0.4 is 0 Å². The van der Waals surface area contributed by atoms with Crippen molar-refractivity contribution in [1.29, 1.82) is 5.26 Å². The minimum Gasteiger partial charge on any atom is -0.288 e. The highest BCUT2D eigenvalue weighted by molar-refractivity contribution is 7.89. The lowest BCUT2D eigenvalue weighted by Gasteiger charge is -2.32. The van der Waals surface area contributed by atoms with Gasteiger partial charge in [-0.2, -0.15) is 9.57 Å². The first kappa shape index (κ1) is 14.9. The summed E-state index contributed by atoms with van der Waals surface area (Å²) in [7, 11) is -3.67. The fourth-order valence-corrected chi connectivity index (χ4v) is 3.88. The van der Waals surface area contributed by atoms with E-state index < -0.39 is 15.8 Å². The number of aryl methyl sites for hydroxylation is 1. The molecule has 0 atom stereocenters. The van der Waals surface area contributed by atoms with Crippen LogP contribution in [0.15, 0.2) is 23.1 Å². The first-order chi connectivity index (χ1) is 9.45. The van der Waals surface area contributed by atoms with Crippen LogP contribution in [0.5, 0.6) is 0 Å². The van der Waals surface area contributed by atoms with Crippen molar-refractivity contribution >= 4 is 10.0 Å². The van der Waals surface area contributed by atoms with Crippen molar-refractivity contribution < 1.29 is 12.8 Å². The van der Waals surface area contributed by atoms with Gasteiger partial charge in [-0.25, -0.2) is 12.8 Å². The Morgan fingerprint density at radius 2 is 1.95 bits per heavy atom. The number of piperazine rings is 1. The Morgan fingerprint density at radius 3 is 2.55 bits per heavy atom. The van der Waals surface area contributed by atoms with Gasteiger partial charge in [-0.05, 0) is 24.6 Å². The van der Waals surface area contributed by atoms with Gasteiger partial charge in [0.15, 0.2) is 0 Å². The zero-order valence-corrected chi connectivity index (χ0v) is 12.0. The van der Waals surface area contributed by atoms with E-state index in [2.05, 4.69) is 0 Å². The molecule has 1 heterocycles. The van der Waals surface area contributed by atoms with Crippen LogP contribution in [0.2, 0.25) is 0 Å². The van der Waals surface area contributed by atoms with Gasteiger partial charge in [0.25, 0.3) is 0 Å². The summed E-state index contributed by atoms with van der Waals surface area (Å²) in [4.78, 5) is 1.91. The normalized spacial score (nSPS) is 17.9. The Morgan fingerprint density at radius 1 is 1.30 bits per heavy atom. The molecule has 1 aromatic carbocycles. The zero-order chi connectivity index (χ0) is 14.8. The van der Waals surface area contributed by atoms with Crippen LogP contribution in [0.1, 0.15) is 5.56 Å². The third-order valence-electron chi connectivity index (χ3n) is 3.39. The molecule has 0 unspecified atom stereocenters. The molecule has 20 heavy (non-hydrogen) atoms. The monoisotopic (exact) mass is 297 g/mol. The third-order valence-corrected chi connectivity index (χ3v) is 5.43. The van der Waals surface area contributed by atoms with E-state index in [1.807, 2.05) is 11.0 Å². The Balaban J connectivity index is 2.20. The van der Waals surface area contributed by atoms with Gasteiger partial charge in [0.2, 0.25) is 10.0 Å². The Labute approximate surface area is 118 Å². The van der Waals surface area contributed by atoms with E-state index in [1.54, 1.807) is 6.92 Å². The van der Waals surface area contributed by atoms with Crippen molar-refractivity contribution in [2.45, 2.75) is 11.8 Å². The quantitative estimate of drug-likeness (QED) is 0.780. The molecule has 108 valence electrons. The van der Waals surface area contributed by atoms with Crippen LogP contribution in [-0.4, -0.2) is 50.3 Å². The van der Waals surface area contributed by atoms with Crippen molar-refractivity contribution in [3.8, 4) is 6.07 Å². The molecule has 1 fully saturated rings. The molecule has 0 saturated carbocycles. The molecule has 7 heteroatoms. The maximum atomic E-state index is 13.3. The van der Waals surface area contributed by atoms with E-state index in [0.717, 1.165) is 6.07 Å². The molecule has 0 aliphatic carbocycles. The number of rotatable bonds is 3. The number of hydrogen-bond acceptors (Lipinski definition) is 4. The summed E-state index contributed by atoms with van der Waals surface area (Å²) in [5, 5.41) is 8.62. The number of benzene rings is 1. The Kier molecular flexibility index (Phi) is 4.38. The highest BCUT2D eigenvalue weighted by Crippen LogP contribution is 2.22. The fraction of sp³-hybridized carbons (Fsp3) is 0.462. The summed E-state index contributed by atoms with van der Waals surface area (Å²) in [6, 6.07) is 5.83. The molecule has 5 nitrogen and oxygen atoms in total. The van der Waals surface area contributed by atoms with Crippen LogP contribution in [-0.2, 0) is 10.0 Å². The molecular formula is C13H16FN3O2S. The van der Waals surface area contributed by atoms with Gasteiger partial charge >= 0.3 is 0 Å². The fourth-order valence-electron chi connectivity index (χ4n) is 2.22. The van der Waals surface area contributed by atoms with E-state index in [0.29, 0.717) is 38.3 Å². The predicted octanol–water partition coefficient (Wildman–Crippen LogP) is 0.964. The minimum absolute atomic E-state index is 0.0197. The minimum atomic E-state index is -3.67. The van der Waals surface area contributed by atoms with E-state index in [1.165, 1.54) is 16.4 Å². The first-order valence-corrected chi connectivity index (χ1v) is 7.75. The van der Waals surface area contributed by atoms with E-state index in [4.69, 9.17) is 5.26 Å². The summed E-state index contributed by atoms with van der Waals surface area (Å²) < 4.78 is 39.6. The van der Waals surface area contributed by atoms with Crippen molar-refractivity contribution in [3.63, 3.8) is 0 Å². The molecule has 0 radical (unpaired) electrons. The highest BCUT2D eigenvalue weighted by Gasteiger charge is 2.29. The second-order valence-corrected chi connectivity index (χ2v) is 6.65. The van der Waals surface area contributed by atoms with Crippen LogP contribution in [0, 0.1) is 24.1 Å². The number of nitrogens with zero attached hydrogens (tertiary/aromatic N) is 3. The van der Waals surface area contributed by atoms with Crippen molar-refractivity contribution in [2.24, 2.45) is 0 Å². The molecule has 0 spiro atoms. The second-order valence-electron chi connectivity index (χ2n) is 4.75. The van der Waals surface area contributed by atoms with E-state index in [-0.39, 0.29) is 4.90 Å². The SMILES string of the molecule is Cc1ccc(F)cc1S(=O)(=O)N1CCN(CC#N)CC1. The molecule has 2 rings (SSSR count). The summed E-state index contributed by atoms with van der Waals surface area (Å²) in [6.45, 7) is 3.62. The summed E-state index contributed by atoms with van der Waals surface area (Å²) in [6.07, 6.45) is 0. The van der Waals surface area contributed by atoms with Gasteiger partial charge in [-0.15, -0.1) is 0 Å². The largest absolute Gasteiger partial charge is 0.288 e. The molecule has 0 aromatic heterocycles. The number of nitriles is 1. The summed E-state index contributed by atoms with van der Waals surface area (Å²) >= 11 is 0.